The average molecular weight is 437 g/mol. The minimum absolute atomic E-state index is 0.0343. The third-order valence-corrected chi connectivity index (χ3v) is 5.58. The number of nitrogens with zero attached hydrogens (tertiary/aromatic N) is 2. The molecule has 4 aromatic rings. The SMILES string of the molecule is O=C(Nc1cccc(NC(=O)C2CC2)c1)c1cn(Cc2ccccc2)nc1-c1ccccc1. The van der Waals surface area contributed by atoms with Crippen molar-refractivity contribution in [3.63, 3.8) is 0 Å². The van der Waals surface area contributed by atoms with Crippen molar-refractivity contribution in [2.75, 3.05) is 10.6 Å². The second kappa shape index (κ2) is 9.12. The molecule has 6 heteroatoms. The Morgan fingerprint density at radius 1 is 0.848 bits per heavy atom. The van der Waals surface area contributed by atoms with Gasteiger partial charge in [0.05, 0.1) is 12.1 Å². The fraction of sp³-hybridized carbons (Fsp3) is 0.148. The molecule has 33 heavy (non-hydrogen) atoms. The Kier molecular flexibility index (Phi) is 5.72. The quantitative estimate of drug-likeness (QED) is 0.418. The fourth-order valence-electron chi connectivity index (χ4n) is 3.71. The Balaban J connectivity index is 1.40. The molecule has 0 unspecified atom stereocenters. The van der Waals surface area contributed by atoms with Crippen LogP contribution < -0.4 is 10.6 Å². The number of hydrogen-bond donors (Lipinski definition) is 2. The zero-order chi connectivity index (χ0) is 22.6. The molecule has 0 radical (unpaired) electrons. The molecule has 1 aliphatic carbocycles. The molecule has 0 spiro atoms. The van der Waals surface area contributed by atoms with Crippen molar-refractivity contribution >= 4 is 23.2 Å². The third kappa shape index (κ3) is 5.01. The van der Waals surface area contributed by atoms with Crippen LogP contribution in [0.2, 0.25) is 0 Å². The minimum Gasteiger partial charge on any atom is -0.326 e. The van der Waals surface area contributed by atoms with Gasteiger partial charge in [0.2, 0.25) is 5.91 Å². The minimum atomic E-state index is -0.251. The lowest BCUT2D eigenvalue weighted by Crippen LogP contribution is -2.15. The number of hydrogen-bond acceptors (Lipinski definition) is 3. The van der Waals surface area contributed by atoms with Crippen molar-refractivity contribution in [3.05, 3.63) is 102 Å². The van der Waals surface area contributed by atoms with Crippen molar-refractivity contribution in [3.8, 4) is 11.3 Å². The number of carbonyl (C=O) groups is 2. The molecule has 5 rings (SSSR count). The summed E-state index contributed by atoms with van der Waals surface area (Å²) in [6, 6.07) is 26.9. The van der Waals surface area contributed by atoms with Crippen LogP contribution in [0.5, 0.6) is 0 Å². The van der Waals surface area contributed by atoms with Gasteiger partial charge < -0.3 is 10.6 Å². The normalized spacial score (nSPS) is 12.8. The highest BCUT2D eigenvalue weighted by Gasteiger charge is 2.29. The van der Waals surface area contributed by atoms with Crippen LogP contribution in [0.3, 0.4) is 0 Å². The molecular weight excluding hydrogens is 412 g/mol. The molecule has 0 bridgehead atoms. The van der Waals surface area contributed by atoms with E-state index >= 15 is 0 Å². The number of benzene rings is 3. The first-order valence-corrected chi connectivity index (χ1v) is 11.0. The lowest BCUT2D eigenvalue weighted by molar-refractivity contribution is -0.117. The number of carbonyl (C=O) groups excluding carboxylic acids is 2. The van der Waals surface area contributed by atoms with Crippen LogP contribution in [-0.4, -0.2) is 21.6 Å². The predicted octanol–water partition coefficient (Wildman–Crippen LogP) is 5.20. The van der Waals surface area contributed by atoms with E-state index in [1.54, 1.807) is 23.0 Å². The molecule has 1 aromatic heterocycles. The summed E-state index contributed by atoms with van der Waals surface area (Å²) in [4.78, 5) is 25.3. The largest absolute Gasteiger partial charge is 0.326 e. The second-order valence-electron chi connectivity index (χ2n) is 8.24. The molecule has 164 valence electrons. The molecule has 0 saturated heterocycles. The first-order valence-electron chi connectivity index (χ1n) is 11.0. The Hall–Kier alpha value is -4.19. The van der Waals surface area contributed by atoms with Crippen LogP contribution in [-0.2, 0) is 11.3 Å². The van der Waals surface area contributed by atoms with Crippen molar-refractivity contribution < 1.29 is 9.59 Å². The van der Waals surface area contributed by atoms with Crippen molar-refractivity contribution in [1.82, 2.24) is 9.78 Å². The number of nitrogens with one attached hydrogen (secondary N) is 2. The lowest BCUT2D eigenvalue weighted by atomic mass is 10.1. The molecule has 1 saturated carbocycles. The van der Waals surface area contributed by atoms with E-state index in [4.69, 9.17) is 5.10 Å². The van der Waals surface area contributed by atoms with Gasteiger partial charge >= 0.3 is 0 Å². The Labute approximate surface area is 192 Å². The Morgan fingerprint density at radius 2 is 1.52 bits per heavy atom. The van der Waals surface area contributed by atoms with Gasteiger partial charge in [-0.3, -0.25) is 14.3 Å². The zero-order valence-corrected chi connectivity index (χ0v) is 18.1. The average Bonchev–Trinajstić information content (AvgIpc) is 3.61. The number of rotatable bonds is 7. The highest BCUT2D eigenvalue weighted by atomic mass is 16.2. The van der Waals surface area contributed by atoms with E-state index in [9.17, 15) is 9.59 Å². The third-order valence-electron chi connectivity index (χ3n) is 5.58. The molecule has 1 heterocycles. The molecule has 1 aliphatic rings. The van der Waals surface area contributed by atoms with Crippen LogP contribution in [0.4, 0.5) is 11.4 Å². The van der Waals surface area contributed by atoms with Crippen LogP contribution in [0.25, 0.3) is 11.3 Å². The summed E-state index contributed by atoms with van der Waals surface area (Å²) in [5.74, 6) is -0.0991. The molecule has 2 amide bonds. The monoisotopic (exact) mass is 436 g/mol. The maximum Gasteiger partial charge on any atom is 0.259 e. The van der Waals surface area contributed by atoms with E-state index in [1.165, 1.54) is 0 Å². The highest BCUT2D eigenvalue weighted by molar-refractivity contribution is 6.08. The van der Waals surface area contributed by atoms with Crippen molar-refractivity contribution in [2.45, 2.75) is 19.4 Å². The summed E-state index contributed by atoms with van der Waals surface area (Å²) >= 11 is 0. The van der Waals surface area contributed by atoms with Gasteiger partial charge in [-0.15, -0.1) is 0 Å². The molecule has 0 atom stereocenters. The smallest absolute Gasteiger partial charge is 0.259 e. The zero-order valence-electron chi connectivity index (χ0n) is 18.1. The van der Waals surface area contributed by atoms with Gasteiger partial charge in [0.25, 0.3) is 5.91 Å². The number of aromatic nitrogens is 2. The van der Waals surface area contributed by atoms with E-state index in [0.29, 0.717) is 29.2 Å². The second-order valence-corrected chi connectivity index (χ2v) is 8.24. The lowest BCUT2D eigenvalue weighted by Gasteiger charge is -2.09. The van der Waals surface area contributed by atoms with Gasteiger partial charge in [0.15, 0.2) is 0 Å². The van der Waals surface area contributed by atoms with Gasteiger partial charge in [0.1, 0.15) is 5.69 Å². The summed E-state index contributed by atoms with van der Waals surface area (Å²) in [6.07, 6.45) is 3.67. The topological polar surface area (TPSA) is 76.0 Å². The maximum atomic E-state index is 13.3. The number of amides is 2. The number of anilines is 2. The Morgan fingerprint density at radius 3 is 2.21 bits per heavy atom. The summed E-state index contributed by atoms with van der Waals surface area (Å²) < 4.78 is 1.79. The van der Waals surface area contributed by atoms with Gasteiger partial charge in [-0.2, -0.15) is 5.10 Å². The maximum absolute atomic E-state index is 13.3. The Bertz CT molecular complexity index is 1280. The van der Waals surface area contributed by atoms with Gasteiger partial charge in [0, 0.05) is 29.1 Å². The summed E-state index contributed by atoms with van der Waals surface area (Å²) in [6.45, 7) is 0.566. The highest BCUT2D eigenvalue weighted by Crippen LogP contribution is 2.30. The molecule has 1 fully saturated rings. The first-order chi connectivity index (χ1) is 16.2. The molecule has 0 aliphatic heterocycles. The standard InChI is InChI=1S/C27H24N4O2/c32-26(21-14-15-21)28-22-12-7-13-23(16-22)29-27(33)24-18-31(17-19-8-3-1-4-9-19)30-25(24)20-10-5-2-6-11-20/h1-13,16,18,21H,14-15,17H2,(H,28,32)(H,29,33). The molecule has 6 nitrogen and oxygen atoms in total. The predicted molar refractivity (Wildman–Crippen MR) is 129 cm³/mol. The summed E-state index contributed by atoms with van der Waals surface area (Å²) in [7, 11) is 0. The van der Waals surface area contributed by atoms with Crippen LogP contribution in [0.15, 0.2) is 91.1 Å². The fourth-order valence-corrected chi connectivity index (χ4v) is 3.71. The molecular formula is C27H24N4O2. The summed E-state index contributed by atoms with van der Waals surface area (Å²) in [5, 5.41) is 10.6. The first kappa shape index (κ1) is 20.7. The van der Waals surface area contributed by atoms with Gasteiger partial charge in [-0.1, -0.05) is 66.7 Å². The van der Waals surface area contributed by atoms with Gasteiger partial charge in [-0.25, -0.2) is 0 Å². The van der Waals surface area contributed by atoms with E-state index in [0.717, 1.165) is 24.0 Å². The van der Waals surface area contributed by atoms with E-state index in [-0.39, 0.29) is 17.7 Å². The van der Waals surface area contributed by atoms with Crippen LogP contribution in [0, 0.1) is 5.92 Å². The molecule has 3 aromatic carbocycles. The summed E-state index contributed by atoms with van der Waals surface area (Å²) in [5.41, 5.74) is 4.38. The van der Waals surface area contributed by atoms with Gasteiger partial charge in [-0.05, 0) is 36.6 Å². The van der Waals surface area contributed by atoms with E-state index in [2.05, 4.69) is 10.6 Å². The van der Waals surface area contributed by atoms with E-state index in [1.807, 2.05) is 72.8 Å². The van der Waals surface area contributed by atoms with E-state index < -0.39 is 0 Å². The van der Waals surface area contributed by atoms with Crippen LogP contribution >= 0.6 is 0 Å². The van der Waals surface area contributed by atoms with Crippen LogP contribution in [0.1, 0.15) is 28.8 Å². The van der Waals surface area contributed by atoms with Crippen molar-refractivity contribution in [1.29, 1.82) is 0 Å². The van der Waals surface area contributed by atoms with Crippen molar-refractivity contribution in [2.24, 2.45) is 5.92 Å². The molecule has 2 N–H and O–H groups in total.